The van der Waals surface area contributed by atoms with E-state index < -0.39 is 0 Å². The molecule has 2 aromatic heterocycles. The largest absolute Gasteiger partial charge is 0.484 e. The first-order valence-electron chi connectivity index (χ1n) is 11.2. The predicted molar refractivity (Wildman–Crippen MR) is 135 cm³/mol. The summed E-state index contributed by atoms with van der Waals surface area (Å²) < 4.78 is 8.58. The molecule has 5 rings (SSSR count). The summed E-state index contributed by atoms with van der Waals surface area (Å²) in [5, 5.41) is 0.955. The zero-order valence-electron chi connectivity index (χ0n) is 19.0. The van der Waals surface area contributed by atoms with Crippen LogP contribution in [-0.4, -0.2) is 16.0 Å². The van der Waals surface area contributed by atoms with Crippen molar-refractivity contribution in [2.24, 2.45) is 0 Å². The fourth-order valence-corrected chi connectivity index (χ4v) is 4.14. The first kappa shape index (κ1) is 21.5. The Morgan fingerprint density at radius 1 is 0.882 bits per heavy atom. The van der Waals surface area contributed by atoms with Crippen LogP contribution in [0.5, 0.6) is 5.75 Å². The van der Waals surface area contributed by atoms with Gasteiger partial charge in [0, 0.05) is 18.1 Å². The minimum absolute atomic E-state index is 0.395. The van der Waals surface area contributed by atoms with Gasteiger partial charge in [0.05, 0.1) is 17.4 Å². The summed E-state index contributed by atoms with van der Waals surface area (Å²) in [6, 6.07) is 30.3. The van der Waals surface area contributed by atoms with E-state index in [0.29, 0.717) is 30.4 Å². The fourth-order valence-electron chi connectivity index (χ4n) is 4.14. The lowest BCUT2D eigenvalue weighted by Crippen LogP contribution is -2.19. The molecule has 2 heterocycles. The smallest absolute Gasteiger partial charge is 0.220 e. The Morgan fingerprint density at radius 3 is 2.38 bits per heavy atom. The van der Waals surface area contributed by atoms with E-state index >= 15 is 0 Å². The van der Waals surface area contributed by atoms with Gasteiger partial charge in [0.1, 0.15) is 6.61 Å². The maximum absolute atomic E-state index is 12.5. The number of carbonyl (C=O) groups is 1. The van der Waals surface area contributed by atoms with E-state index in [1.165, 1.54) is 5.56 Å². The van der Waals surface area contributed by atoms with Crippen molar-refractivity contribution in [2.75, 3.05) is 4.90 Å². The summed E-state index contributed by atoms with van der Waals surface area (Å²) in [6.45, 7) is 3.06. The molecule has 0 aliphatic rings. The van der Waals surface area contributed by atoms with E-state index in [1.807, 2.05) is 60.7 Å². The molecule has 0 saturated carbocycles. The van der Waals surface area contributed by atoms with Gasteiger partial charge in [-0.2, -0.15) is 0 Å². The van der Waals surface area contributed by atoms with Crippen molar-refractivity contribution in [3.8, 4) is 5.75 Å². The molecule has 0 fully saturated rings. The molecule has 5 nitrogen and oxygen atoms in total. The number of aromatic nitrogens is 2. The van der Waals surface area contributed by atoms with E-state index in [0.717, 1.165) is 28.4 Å². The third-order valence-electron chi connectivity index (χ3n) is 5.84. The molecule has 3 aromatic carbocycles. The highest BCUT2D eigenvalue weighted by Gasteiger charge is 2.25. The molecule has 0 atom stereocenters. The van der Waals surface area contributed by atoms with Crippen LogP contribution in [0.4, 0.5) is 11.5 Å². The lowest BCUT2D eigenvalue weighted by atomic mass is 10.1. The van der Waals surface area contributed by atoms with Gasteiger partial charge in [-0.1, -0.05) is 72.3 Å². The molecule has 5 heteroatoms. The van der Waals surface area contributed by atoms with Crippen LogP contribution in [0.1, 0.15) is 16.7 Å². The maximum atomic E-state index is 12.5. The van der Waals surface area contributed by atoms with Crippen LogP contribution in [-0.2, 0) is 17.9 Å². The molecule has 0 aliphatic carbocycles. The van der Waals surface area contributed by atoms with Crippen LogP contribution in [0.3, 0.4) is 0 Å². The number of anilines is 2. The van der Waals surface area contributed by atoms with Crippen molar-refractivity contribution in [1.82, 2.24) is 9.55 Å². The summed E-state index contributed by atoms with van der Waals surface area (Å²) in [7, 11) is 0. The molecule has 168 valence electrons. The number of benzene rings is 3. The maximum Gasteiger partial charge on any atom is 0.220 e. The van der Waals surface area contributed by atoms with Gasteiger partial charge in [0.15, 0.2) is 11.6 Å². The Balaban J connectivity index is 1.68. The number of rotatable bonds is 8. The first-order valence-corrected chi connectivity index (χ1v) is 11.2. The highest BCUT2D eigenvalue weighted by Crippen LogP contribution is 2.42. The van der Waals surface area contributed by atoms with Gasteiger partial charge in [-0.05, 0) is 42.3 Å². The lowest BCUT2D eigenvalue weighted by Gasteiger charge is -2.22. The number of nitrogens with zero attached hydrogens (tertiary/aromatic N) is 3. The zero-order valence-corrected chi connectivity index (χ0v) is 19.0. The summed E-state index contributed by atoms with van der Waals surface area (Å²) in [5.41, 5.74) is 5.08. The molecule has 0 saturated heterocycles. The lowest BCUT2D eigenvalue weighted by molar-refractivity contribution is -0.106. The fraction of sp³-hybridized carbons (Fsp3) is 0.103. The number of para-hydroxylation sites is 1. The Hall–Kier alpha value is -4.38. The molecule has 0 bridgehead atoms. The number of fused-ring (bicyclic) bond motifs is 1. The monoisotopic (exact) mass is 447 g/mol. The van der Waals surface area contributed by atoms with Gasteiger partial charge >= 0.3 is 0 Å². The third kappa shape index (κ3) is 4.28. The van der Waals surface area contributed by atoms with Gasteiger partial charge in [-0.25, -0.2) is 0 Å². The second-order valence-corrected chi connectivity index (χ2v) is 8.20. The number of hydrogen-bond donors (Lipinski definition) is 0. The molecule has 1 amide bonds. The van der Waals surface area contributed by atoms with Crippen LogP contribution in [0.25, 0.3) is 10.9 Å². The molecular weight excluding hydrogens is 422 g/mol. The van der Waals surface area contributed by atoms with Crippen molar-refractivity contribution >= 4 is 28.8 Å². The summed E-state index contributed by atoms with van der Waals surface area (Å²) in [5.74, 6) is 1.35. The number of ether oxygens (including phenoxy) is 1. The van der Waals surface area contributed by atoms with Gasteiger partial charge in [0.25, 0.3) is 0 Å². The minimum atomic E-state index is 0.395. The van der Waals surface area contributed by atoms with Crippen molar-refractivity contribution in [3.05, 3.63) is 120 Å². The predicted octanol–water partition coefficient (Wildman–Crippen LogP) is 6.27. The number of amides is 1. The Kier molecular flexibility index (Phi) is 6.08. The average Bonchev–Trinajstić information content (AvgIpc) is 3.19. The summed E-state index contributed by atoms with van der Waals surface area (Å²) >= 11 is 0. The van der Waals surface area contributed by atoms with Gasteiger partial charge in [0.2, 0.25) is 6.41 Å². The van der Waals surface area contributed by atoms with Crippen LogP contribution >= 0.6 is 0 Å². The zero-order chi connectivity index (χ0) is 23.3. The summed E-state index contributed by atoms with van der Waals surface area (Å²) in [4.78, 5) is 18.3. The molecule has 0 radical (unpaired) electrons. The number of pyridine rings is 1. The Labute approximate surface area is 198 Å². The van der Waals surface area contributed by atoms with Crippen LogP contribution < -0.4 is 9.64 Å². The average molecular weight is 448 g/mol. The van der Waals surface area contributed by atoms with E-state index in [2.05, 4.69) is 46.8 Å². The highest BCUT2D eigenvalue weighted by molar-refractivity contribution is 5.99. The second-order valence-electron chi connectivity index (χ2n) is 8.20. The van der Waals surface area contributed by atoms with Crippen LogP contribution in [0, 0.1) is 6.92 Å². The van der Waals surface area contributed by atoms with Crippen molar-refractivity contribution in [3.63, 3.8) is 0 Å². The molecule has 5 aromatic rings. The molecule has 0 aliphatic heterocycles. The van der Waals surface area contributed by atoms with Crippen molar-refractivity contribution in [2.45, 2.75) is 20.1 Å². The SMILES string of the molecule is Cc1ccc(Cn2c(N(C=O)c3cccnc3)c(OCc3ccccc3)c3ccccc32)cc1. The van der Waals surface area contributed by atoms with Crippen molar-refractivity contribution < 1.29 is 9.53 Å². The van der Waals surface area contributed by atoms with Crippen molar-refractivity contribution in [1.29, 1.82) is 0 Å². The van der Waals surface area contributed by atoms with E-state index in [1.54, 1.807) is 17.3 Å². The topological polar surface area (TPSA) is 47.4 Å². The molecule has 0 unspecified atom stereocenters. The van der Waals surface area contributed by atoms with E-state index in [9.17, 15) is 4.79 Å². The highest BCUT2D eigenvalue weighted by atomic mass is 16.5. The third-order valence-corrected chi connectivity index (χ3v) is 5.84. The van der Waals surface area contributed by atoms with E-state index in [4.69, 9.17) is 4.74 Å². The minimum Gasteiger partial charge on any atom is -0.484 e. The Morgan fingerprint density at radius 2 is 1.65 bits per heavy atom. The van der Waals surface area contributed by atoms with Crippen LogP contribution in [0.2, 0.25) is 0 Å². The van der Waals surface area contributed by atoms with Crippen LogP contribution in [0.15, 0.2) is 103 Å². The molecular formula is C29H25N3O2. The normalized spacial score (nSPS) is 10.9. The van der Waals surface area contributed by atoms with Gasteiger partial charge < -0.3 is 9.30 Å². The number of hydrogen-bond acceptors (Lipinski definition) is 3. The second kappa shape index (κ2) is 9.63. The quantitative estimate of drug-likeness (QED) is 0.264. The molecule has 0 spiro atoms. The first-order chi connectivity index (χ1) is 16.7. The number of carbonyl (C=O) groups excluding carboxylic acids is 1. The number of aryl methyl sites for hydroxylation is 1. The standard InChI is InChI=1S/C29H25N3O2/c1-22-13-15-23(16-14-22)19-31-27-12-6-5-11-26(27)28(34-20-24-8-3-2-4-9-24)29(31)32(21-33)25-10-7-17-30-18-25/h2-18,21H,19-20H2,1H3. The Bertz CT molecular complexity index is 1390. The summed E-state index contributed by atoms with van der Waals surface area (Å²) in [6.07, 6.45) is 4.21. The molecule has 0 N–H and O–H groups in total. The van der Waals surface area contributed by atoms with Gasteiger partial charge in [-0.15, -0.1) is 0 Å². The van der Waals surface area contributed by atoms with E-state index in [-0.39, 0.29) is 0 Å². The van der Waals surface area contributed by atoms with Gasteiger partial charge in [-0.3, -0.25) is 14.7 Å². The molecule has 34 heavy (non-hydrogen) atoms.